The van der Waals surface area contributed by atoms with Gasteiger partial charge >= 0.3 is 6.03 Å². The fourth-order valence-corrected chi connectivity index (χ4v) is 3.71. The highest BCUT2D eigenvalue weighted by Crippen LogP contribution is 2.36. The molecule has 1 fully saturated rings. The number of hydrogen-bond donors (Lipinski definition) is 1. The van der Waals surface area contributed by atoms with Crippen LogP contribution in [0.4, 0.5) is 4.79 Å². The summed E-state index contributed by atoms with van der Waals surface area (Å²) in [5.41, 5.74) is 1.97. The van der Waals surface area contributed by atoms with Crippen LogP contribution in [-0.2, 0) is 15.1 Å². The minimum absolute atomic E-state index is 0.301. The number of carbonyl (C=O) groups excluding carboxylic acids is 3. The summed E-state index contributed by atoms with van der Waals surface area (Å²) < 4.78 is 0. The van der Waals surface area contributed by atoms with Crippen molar-refractivity contribution in [2.45, 2.75) is 19.4 Å². The van der Waals surface area contributed by atoms with Crippen LogP contribution in [0.2, 0.25) is 0 Å². The highest BCUT2D eigenvalue weighted by molar-refractivity contribution is 6.11. The summed E-state index contributed by atoms with van der Waals surface area (Å²) in [5.74, 6) is -0.831. The molecule has 0 aromatic heterocycles. The van der Waals surface area contributed by atoms with Gasteiger partial charge in [0.2, 0.25) is 5.91 Å². The van der Waals surface area contributed by atoms with Crippen LogP contribution in [0.15, 0.2) is 73.8 Å². The Morgan fingerprint density at radius 3 is 1.81 bits per heavy atom. The average Bonchev–Trinajstić information content (AvgIpc) is 3.00. The van der Waals surface area contributed by atoms with Crippen LogP contribution >= 0.6 is 0 Å². The molecule has 0 saturated carbocycles. The van der Waals surface area contributed by atoms with E-state index < -0.39 is 17.5 Å². The number of imide groups is 1. The van der Waals surface area contributed by atoms with Gasteiger partial charge in [-0.05, 0) is 25.0 Å². The molecule has 1 aliphatic heterocycles. The van der Waals surface area contributed by atoms with Gasteiger partial charge in [0, 0.05) is 13.1 Å². The summed E-state index contributed by atoms with van der Waals surface area (Å²) in [7, 11) is 0. The zero-order chi connectivity index (χ0) is 22.6. The van der Waals surface area contributed by atoms with E-state index in [9.17, 15) is 14.4 Å². The third-order valence-corrected chi connectivity index (χ3v) is 5.42. The van der Waals surface area contributed by atoms with E-state index in [4.69, 9.17) is 0 Å². The van der Waals surface area contributed by atoms with Crippen LogP contribution in [0, 0.1) is 13.8 Å². The Bertz CT molecular complexity index is 954. The molecule has 3 rings (SSSR count). The Morgan fingerprint density at radius 1 is 0.935 bits per heavy atom. The Hall–Kier alpha value is -3.67. The molecule has 1 saturated heterocycles. The predicted octanol–water partition coefficient (Wildman–Crippen LogP) is 3.30. The molecule has 0 spiro atoms. The summed E-state index contributed by atoms with van der Waals surface area (Å²) in [4.78, 5) is 41.9. The van der Waals surface area contributed by atoms with Crippen molar-refractivity contribution in [1.29, 1.82) is 0 Å². The number of aryl methyl sites for hydroxylation is 2. The second-order valence-electron chi connectivity index (χ2n) is 7.68. The van der Waals surface area contributed by atoms with Gasteiger partial charge in [0.1, 0.15) is 6.54 Å². The Balaban J connectivity index is 2.02. The van der Waals surface area contributed by atoms with Crippen molar-refractivity contribution in [1.82, 2.24) is 15.1 Å². The SMILES string of the molecule is C=CCN(CC=C)C(=O)CN1C(=O)NC(c2ccc(C)cc2)(c2ccc(C)cc2)C1=O. The highest BCUT2D eigenvalue weighted by Gasteiger charge is 2.54. The summed E-state index contributed by atoms with van der Waals surface area (Å²) in [6.45, 7) is 11.5. The van der Waals surface area contributed by atoms with Crippen LogP contribution < -0.4 is 5.32 Å². The van der Waals surface area contributed by atoms with Crippen LogP contribution in [0.5, 0.6) is 0 Å². The first-order valence-electron chi connectivity index (χ1n) is 10.1. The lowest BCUT2D eigenvalue weighted by Gasteiger charge is -2.28. The van der Waals surface area contributed by atoms with Crippen LogP contribution in [-0.4, -0.2) is 47.3 Å². The maximum Gasteiger partial charge on any atom is 0.326 e. The van der Waals surface area contributed by atoms with Gasteiger partial charge in [0.05, 0.1) is 0 Å². The van der Waals surface area contributed by atoms with E-state index in [0.717, 1.165) is 16.0 Å². The fraction of sp³-hybridized carbons (Fsp3) is 0.240. The number of amides is 4. The molecule has 0 radical (unpaired) electrons. The van der Waals surface area contributed by atoms with Crippen molar-refractivity contribution < 1.29 is 14.4 Å². The number of hydrogen-bond acceptors (Lipinski definition) is 3. The molecule has 4 amide bonds. The molecular weight excluding hydrogens is 390 g/mol. The number of rotatable bonds is 8. The molecule has 2 aromatic carbocycles. The Morgan fingerprint density at radius 2 is 1.39 bits per heavy atom. The number of nitrogens with one attached hydrogen (secondary N) is 1. The smallest absolute Gasteiger partial charge is 0.326 e. The van der Waals surface area contributed by atoms with Gasteiger partial charge in [0.25, 0.3) is 5.91 Å². The largest absolute Gasteiger partial charge is 0.334 e. The first-order chi connectivity index (χ1) is 14.8. The summed E-state index contributed by atoms with van der Waals surface area (Å²) in [6, 6.07) is 14.3. The van der Waals surface area contributed by atoms with E-state index in [1.54, 1.807) is 12.2 Å². The van der Waals surface area contributed by atoms with Crippen LogP contribution in [0.1, 0.15) is 22.3 Å². The molecule has 2 aromatic rings. The average molecular weight is 418 g/mol. The van der Waals surface area contributed by atoms with E-state index in [1.165, 1.54) is 4.90 Å². The van der Waals surface area contributed by atoms with E-state index in [2.05, 4.69) is 18.5 Å². The quantitative estimate of drug-likeness (QED) is 0.529. The van der Waals surface area contributed by atoms with Crippen molar-refractivity contribution in [3.8, 4) is 0 Å². The van der Waals surface area contributed by atoms with E-state index in [0.29, 0.717) is 24.2 Å². The Kier molecular flexibility index (Phi) is 6.39. The van der Waals surface area contributed by atoms with Crippen LogP contribution in [0.25, 0.3) is 0 Å². The number of nitrogens with zero attached hydrogens (tertiary/aromatic N) is 2. The molecule has 160 valence electrons. The summed E-state index contributed by atoms with van der Waals surface area (Å²) >= 11 is 0. The van der Waals surface area contributed by atoms with Gasteiger partial charge < -0.3 is 10.2 Å². The van der Waals surface area contributed by atoms with E-state index in [1.807, 2.05) is 62.4 Å². The van der Waals surface area contributed by atoms with Crippen molar-refractivity contribution in [2.75, 3.05) is 19.6 Å². The minimum Gasteiger partial charge on any atom is -0.334 e. The van der Waals surface area contributed by atoms with Gasteiger partial charge in [0.15, 0.2) is 5.54 Å². The van der Waals surface area contributed by atoms with Crippen LogP contribution in [0.3, 0.4) is 0 Å². The van der Waals surface area contributed by atoms with Gasteiger partial charge in [-0.25, -0.2) is 4.79 Å². The van der Waals surface area contributed by atoms with Crippen molar-refractivity contribution in [3.63, 3.8) is 0 Å². The first kappa shape index (κ1) is 22.0. The molecule has 1 aliphatic rings. The van der Waals surface area contributed by atoms with E-state index in [-0.39, 0.29) is 12.5 Å². The molecule has 0 atom stereocenters. The monoisotopic (exact) mass is 417 g/mol. The standard InChI is InChI=1S/C25H27N3O3/c1-5-15-27(16-6-2)22(29)17-28-23(30)25(26-24(28)31,20-11-7-18(3)8-12-20)21-13-9-19(4)10-14-21/h5-14H,1-2,15-17H2,3-4H3,(H,26,31). The summed E-state index contributed by atoms with van der Waals surface area (Å²) in [5, 5.41) is 2.87. The summed E-state index contributed by atoms with van der Waals surface area (Å²) in [6.07, 6.45) is 3.19. The number of urea groups is 1. The zero-order valence-electron chi connectivity index (χ0n) is 17.9. The third-order valence-electron chi connectivity index (χ3n) is 5.42. The van der Waals surface area contributed by atoms with Gasteiger partial charge in [-0.1, -0.05) is 71.8 Å². The predicted molar refractivity (Wildman–Crippen MR) is 120 cm³/mol. The molecular formula is C25H27N3O3. The van der Waals surface area contributed by atoms with Crippen molar-refractivity contribution >= 4 is 17.8 Å². The second kappa shape index (κ2) is 9.00. The zero-order valence-corrected chi connectivity index (χ0v) is 17.9. The lowest BCUT2D eigenvalue weighted by molar-refractivity contribution is -0.138. The molecule has 6 heteroatoms. The van der Waals surface area contributed by atoms with Crippen molar-refractivity contribution in [3.05, 3.63) is 96.1 Å². The third kappa shape index (κ3) is 4.14. The molecule has 1 N–H and O–H groups in total. The molecule has 31 heavy (non-hydrogen) atoms. The maximum atomic E-state index is 13.7. The van der Waals surface area contributed by atoms with E-state index >= 15 is 0 Å². The molecule has 1 heterocycles. The Labute approximate surface area is 182 Å². The molecule has 6 nitrogen and oxygen atoms in total. The second-order valence-corrected chi connectivity index (χ2v) is 7.68. The first-order valence-corrected chi connectivity index (χ1v) is 10.1. The van der Waals surface area contributed by atoms with Gasteiger partial charge in [-0.2, -0.15) is 0 Å². The van der Waals surface area contributed by atoms with Crippen molar-refractivity contribution in [2.24, 2.45) is 0 Å². The minimum atomic E-state index is -1.39. The highest BCUT2D eigenvalue weighted by atomic mass is 16.2. The normalized spacial score (nSPS) is 14.8. The topological polar surface area (TPSA) is 69.7 Å². The lowest BCUT2D eigenvalue weighted by atomic mass is 9.82. The fourth-order valence-electron chi connectivity index (χ4n) is 3.71. The molecule has 0 bridgehead atoms. The lowest BCUT2D eigenvalue weighted by Crippen LogP contribution is -2.46. The maximum absolute atomic E-state index is 13.7. The number of carbonyl (C=O) groups is 3. The molecule has 0 unspecified atom stereocenters. The van der Waals surface area contributed by atoms with Gasteiger partial charge in [-0.3, -0.25) is 14.5 Å². The number of benzene rings is 2. The molecule has 0 aliphatic carbocycles. The van der Waals surface area contributed by atoms with Gasteiger partial charge in [-0.15, -0.1) is 13.2 Å².